The number of rotatable bonds is 7. The lowest BCUT2D eigenvalue weighted by Crippen LogP contribution is -2.30. The summed E-state index contributed by atoms with van der Waals surface area (Å²) in [5.41, 5.74) is -0.691. The van der Waals surface area contributed by atoms with Crippen LogP contribution in [0.2, 0.25) is 0 Å². The first kappa shape index (κ1) is 11.7. The lowest BCUT2D eigenvalue weighted by Gasteiger charge is -2.22. The minimum atomic E-state index is -0.691. The van der Waals surface area contributed by atoms with E-state index in [1.807, 2.05) is 6.08 Å². The summed E-state index contributed by atoms with van der Waals surface area (Å²) in [7, 11) is 0. The molecular formula is C10H20O2. The SMILES string of the molecule is C=CCCC(C)(O)COCCC. The van der Waals surface area contributed by atoms with E-state index < -0.39 is 5.60 Å². The predicted octanol–water partition coefficient (Wildman–Crippen LogP) is 2.13. The lowest BCUT2D eigenvalue weighted by molar-refractivity contribution is -0.0378. The average Bonchev–Trinajstić information content (AvgIpc) is 2.01. The van der Waals surface area contributed by atoms with E-state index >= 15 is 0 Å². The minimum absolute atomic E-state index is 0.425. The van der Waals surface area contributed by atoms with Crippen LogP contribution in [0.5, 0.6) is 0 Å². The molecule has 0 aromatic rings. The van der Waals surface area contributed by atoms with Crippen molar-refractivity contribution in [1.82, 2.24) is 0 Å². The highest BCUT2D eigenvalue weighted by Gasteiger charge is 2.18. The van der Waals surface area contributed by atoms with Gasteiger partial charge in [-0.1, -0.05) is 13.0 Å². The Morgan fingerprint density at radius 2 is 2.25 bits per heavy atom. The van der Waals surface area contributed by atoms with E-state index in [1.54, 1.807) is 6.92 Å². The van der Waals surface area contributed by atoms with Crippen LogP contribution >= 0.6 is 0 Å². The largest absolute Gasteiger partial charge is 0.388 e. The van der Waals surface area contributed by atoms with Crippen molar-refractivity contribution in [2.45, 2.75) is 38.7 Å². The molecule has 0 aliphatic carbocycles. The first-order chi connectivity index (χ1) is 5.62. The standard InChI is InChI=1S/C10H20O2/c1-4-6-7-10(3,11)9-12-8-5-2/h4,11H,1,5-9H2,2-3H3. The van der Waals surface area contributed by atoms with Crippen LogP contribution in [0.3, 0.4) is 0 Å². The molecule has 0 aromatic carbocycles. The Kier molecular flexibility index (Phi) is 6.03. The lowest BCUT2D eigenvalue weighted by atomic mass is 10.0. The second kappa shape index (κ2) is 6.21. The van der Waals surface area contributed by atoms with Crippen molar-refractivity contribution in [2.24, 2.45) is 0 Å². The third-order valence-corrected chi connectivity index (χ3v) is 1.65. The Balaban J connectivity index is 3.48. The topological polar surface area (TPSA) is 29.5 Å². The van der Waals surface area contributed by atoms with E-state index in [2.05, 4.69) is 13.5 Å². The molecule has 1 N–H and O–H groups in total. The fraction of sp³-hybridized carbons (Fsp3) is 0.800. The molecule has 0 aliphatic rings. The van der Waals surface area contributed by atoms with E-state index in [9.17, 15) is 5.11 Å². The number of ether oxygens (including phenoxy) is 1. The molecule has 0 amide bonds. The van der Waals surface area contributed by atoms with Crippen LogP contribution in [-0.2, 0) is 4.74 Å². The number of hydrogen-bond donors (Lipinski definition) is 1. The van der Waals surface area contributed by atoms with Gasteiger partial charge in [0.1, 0.15) is 0 Å². The van der Waals surface area contributed by atoms with Gasteiger partial charge in [-0.05, 0) is 26.2 Å². The molecule has 0 aliphatic heterocycles. The highest BCUT2D eigenvalue weighted by atomic mass is 16.5. The van der Waals surface area contributed by atoms with Crippen LogP contribution in [0.15, 0.2) is 12.7 Å². The zero-order valence-electron chi connectivity index (χ0n) is 8.18. The molecular weight excluding hydrogens is 152 g/mol. The Morgan fingerprint density at radius 3 is 2.75 bits per heavy atom. The van der Waals surface area contributed by atoms with Crippen molar-refractivity contribution < 1.29 is 9.84 Å². The van der Waals surface area contributed by atoms with Crippen molar-refractivity contribution in [3.63, 3.8) is 0 Å². The monoisotopic (exact) mass is 172 g/mol. The summed E-state index contributed by atoms with van der Waals surface area (Å²) in [5.74, 6) is 0. The molecule has 1 atom stereocenters. The van der Waals surface area contributed by atoms with Crippen LogP contribution in [0, 0.1) is 0 Å². The van der Waals surface area contributed by atoms with Gasteiger partial charge in [-0.3, -0.25) is 0 Å². The molecule has 2 heteroatoms. The van der Waals surface area contributed by atoms with Crippen LogP contribution in [-0.4, -0.2) is 23.9 Å². The van der Waals surface area contributed by atoms with Crippen LogP contribution in [0.1, 0.15) is 33.1 Å². The molecule has 0 fully saturated rings. The summed E-state index contributed by atoms with van der Waals surface area (Å²) >= 11 is 0. The van der Waals surface area contributed by atoms with Crippen molar-refractivity contribution >= 4 is 0 Å². The highest BCUT2D eigenvalue weighted by molar-refractivity contribution is 4.77. The molecule has 0 aromatic heterocycles. The average molecular weight is 172 g/mol. The van der Waals surface area contributed by atoms with E-state index in [0.717, 1.165) is 25.9 Å². The maximum Gasteiger partial charge on any atom is 0.0855 e. The Bertz CT molecular complexity index is 119. The quantitative estimate of drug-likeness (QED) is 0.471. The van der Waals surface area contributed by atoms with Crippen LogP contribution in [0.25, 0.3) is 0 Å². The number of allylic oxidation sites excluding steroid dienone is 1. The normalized spacial score (nSPS) is 15.6. The second-order valence-electron chi connectivity index (χ2n) is 3.38. The molecule has 0 spiro atoms. The van der Waals surface area contributed by atoms with Crippen molar-refractivity contribution in [3.05, 3.63) is 12.7 Å². The maximum absolute atomic E-state index is 9.70. The molecule has 2 nitrogen and oxygen atoms in total. The zero-order valence-corrected chi connectivity index (χ0v) is 8.18. The van der Waals surface area contributed by atoms with Crippen molar-refractivity contribution in [3.8, 4) is 0 Å². The van der Waals surface area contributed by atoms with Crippen LogP contribution < -0.4 is 0 Å². The molecule has 0 saturated carbocycles. The van der Waals surface area contributed by atoms with E-state index in [-0.39, 0.29) is 0 Å². The van der Waals surface area contributed by atoms with Gasteiger partial charge < -0.3 is 9.84 Å². The molecule has 0 bridgehead atoms. The number of aliphatic hydroxyl groups is 1. The van der Waals surface area contributed by atoms with Crippen LogP contribution in [0.4, 0.5) is 0 Å². The first-order valence-electron chi connectivity index (χ1n) is 4.53. The first-order valence-corrected chi connectivity index (χ1v) is 4.53. The number of hydrogen-bond acceptors (Lipinski definition) is 2. The highest BCUT2D eigenvalue weighted by Crippen LogP contribution is 2.12. The van der Waals surface area contributed by atoms with Gasteiger partial charge >= 0.3 is 0 Å². The Morgan fingerprint density at radius 1 is 1.58 bits per heavy atom. The molecule has 0 radical (unpaired) electrons. The van der Waals surface area contributed by atoms with E-state index in [0.29, 0.717) is 6.61 Å². The summed E-state index contributed by atoms with van der Waals surface area (Å²) in [4.78, 5) is 0. The summed E-state index contributed by atoms with van der Waals surface area (Å²) < 4.78 is 5.26. The van der Waals surface area contributed by atoms with Gasteiger partial charge in [-0.15, -0.1) is 6.58 Å². The fourth-order valence-corrected chi connectivity index (χ4v) is 0.922. The zero-order chi connectivity index (χ0) is 9.45. The Hall–Kier alpha value is -0.340. The summed E-state index contributed by atoms with van der Waals surface area (Å²) in [6.45, 7) is 8.61. The van der Waals surface area contributed by atoms with E-state index in [1.165, 1.54) is 0 Å². The smallest absolute Gasteiger partial charge is 0.0855 e. The molecule has 72 valence electrons. The van der Waals surface area contributed by atoms with Gasteiger partial charge in [-0.25, -0.2) is 0 Å². The molecule has 12 heavy (non-hydrogen) atoms. The van der Waals surface area contributed by atoms with Gasteiger partial charge in [0.15, 0.2) is 0 Å². The molecule has 0 heterocycles. The molecule has 1 unspecified atom stereocenters. The minimum Gasteiger partial charge on any atom is -0.388 e. The maximum atomic E-state index is 9.70. The van der Waals surface area contributed by atoms with Crippen molar-refractivity contribution in [1.29, 1.82) is 0 Å². The molecule has 0 rings (SSSR count). The summed E-state index contributed by atoms with van der Waals surface area (Å²) in [6, 6.07) is 0. The predicted molar refractivity (Wildman–Crippen MR) is 51.2 cm³/mol. The van der Waals surface area contributed by atoms with Crippen molar-refractivity contribution in [2.75, 3.05) is 13.2 Å². The van der Waals surface area contributed by atoms with Gasteiger partial charge in [0.25, 0.3) is 0 Å². The summed E-state index contributed by atoms with van der Waals surface area (Å²) in [6.07, 6.45) is 4.37. The van der Waals surface area contributed by atoms with E-state index in [4.69, 9.17) is 4.74 Å². The molecule has 0 saturated heterocycles. The second-order valence-corrected chi connectivity index (χ2v) is 3.38. The third kappa shape index (κ3) is 6.38. The Labute approximate surface area is 75.2 Å². The third-order valence-electron chi connectivity index (χ3n) is 1.65. The van der Waals surface area contributed by atoms with Gasteiger partial charge in [-0.2, -0.15) is 0 Å². The van der Waals surface area contributed by atoms with Gasteiger partial charge in [0.2, 0.25) is 0 Å². The van der Waals surface area contributed by atoms with Gasteiger partial charge in [0.05, 0.1) is 12.2 Å². The van der Waals surface area contributed by atoms with Gasteiger partial charge in [0, 0.05) is 6.61 Å². The fourth-order valence-electron chi connectivity index (χ4n) is 0.922. The summed E-state index contributed by atoms with van der Waals surface area (Å²) in [5, 5.41) is 9.70.